The molecule has 0 spiro atoms. The summed E-state index contributed by atoms with van der Waals surface area (Å²) in [7, 11) is 3.80. The fourth-order valence-electron chi connectivity index (χ4n) is 4.51. The van der Waals surface area contributed by atoms with Gasteiger partial charge in [0, 0.05) is 45.0 Å². The Balaban J connectivity index is -0.000000159. The smallest absolute Gasteiger partial charge is 0.116 e. The fourth-order valence-corrected chi connectivity index (χ4v) is 4.51. The number of nitrogens with one attached hydrogen (secondary N) is 3. The minimum atomic E-state index is 0.246. The van der Waals surface area contributed by atoms with E-state index in [1.807, 2.05) is 40.1 Å². The molecule has 0 rings (SSSR count). The number of hydrogen-bond donors (Lipinski definition) is 5. The molecule has 348 valence electrons. The zero-order chi connectivity index (χ0) is 44.9. The van der Waals surface area contributed by atoms with Gasteiger partial charge in [-0.1, -0.05) is 129 Å². The number of aliphatic hydroxyl groups is 2. The largest absolute Gasteiger partial charge is 0.513 e. The van der Waals surface area contributed by atoms with Crippen LogP contribution in [0.2, 0.25) is 0 Å². The standard InChI is InChI=1S/C18H34O.C13H28N2O2.C9H18O3.C4H9N.C2H4O.C2H6/c1-3-4-5-6-7-8-9-10-11-12-13-14-15-16-17-18(2)19;1-4-5-6-7-15-13(2)12-17-11-10-16-9-8-14-3;1-2-6-11-8-9-12-7-4-3-5-10;1-3-4-5-2;1-2-3;1-2/h3,19H,1-2,4-17H2;14-15H,2,4-12H2,1,3H3;2,10H,1,3-9H2;3,5H,1,4H2,2H3;2H,1H3;1-2H3. The Hall–Kier alpha value is -2.31. The minimum Gasteiger partial charge on any atom is -0.513 e. The molecular weight excluding hydrogens is 731 g/mol. The number of carbonyl (C=O) groups excluding carboxylic acids is 1. The molecule has 0 radical (unpaired) electrons. The molecule has 10 nitrogen and oxygen atoms in total. The van der Waals surface area contributed by atoms with Crippen LogP contribution in [-0.2, 0) is 23.7 Å². The van der Waals surface area contributed by atoms with Crippen LogP contribution in [0.4, 0.5) is 0 Å². The van der Waals surface area contributed by atoms with Crippen LogP contribution >= 0.6 is 0 Å². The Morgan fingerprint density at radius 3 is 1.57 bits per heavy atom. The Morgan fingerprint density at radius 1 is 0.603 bits per heavy atom. The summed E-state index contributed by atoms with van der Waals surface area (Å²) in [4.78, 5) is 8.81. The summed E-state index contributed by atoms with van der Waals surface area (Å²) in [5.41, 5.74) is 0.955. The maximum absolute atomic E-state index is 8.94. The van der Waals surface area contributed by atoms with Crippen molar-refractivity contribution in [2.24, 2.45) is 0 Å². The van der Waals surface area contributed by atoms with Crippen molar-refractivity contribution in [1.29, 1.82) is 0 Å². The number of unbranched alkanes of at least 4 members (excludes halogenated alkanes) is 15. The third kappa shape index (κ3) is 94.6. The van der Waals surface area contributed by atoms with E-state index in [2.05, 4.69) is 55.8 Å². The fraction of sp³-hybridized carbons (Fsp3) is 0.771. The summed E-state index contributed by atoms with van der Waals surface area (Å²) in [6.45, 7) is 33.9. The molecule has 0 heterocycles. The van der Waals surface area contributed by atoms with Gasteiger partial charge in [-0.05, 0) is 59.5 Å². The van der Waals surface area contributed by atoms with Crippen LogP contribution in [0.1, 0.15) is 150 Å². The van der Waals surface area contributed by atoms with Gasteiger partial charge in [0.1, 0.15) is 6.29 Å². The highest BCUT2D eigenvalue weighted by Crippen LogP contribution is 2.13. The quantitative estimate of drug-likeness (QED) is 0.0177. The molecule has 5 N–H and O–H groups in total. The van der Waals surface area contributed by atoms with Crippen molar-refractivity contribution in [1.82, 2.24) is 16.0 Å². The SMILES string of the molecule is C=C(COCCOCCNC)NCCCCC.C=CCCCCCCCCCCCCCCC(=C)O.C=CCNC.C=CCOCCOCCCCO.CC.CC=O. The van der Waals surface area contributed by atoms with Crippen LogP contribution in [0, 0.1) is 0 Å². The number of aliphatic hydroxyl groups excluding tert-OH is 2. The number of likely N-dealkylation sites (N-methyl/N-ethyl adjacent to an activating group) is 2. The first kappa shape index (κ1) is 67.5. The molecule has 0 aliphatic heterocycles. The van der Waals surface area contributed by atoms with E-state index in [-0.39, 0.29) is 6.61 Å². The maximum atomic E-state index is 8.94. The number of hydrogen-bond acceptors (Lipinski definition) is 10. The lowest BCUT2D eigenvalue weighted by atomic mass is 10.0. The van der Waals surface area contributed by atoms with E-state index < -0.39 is 0 Å². The Labute approximate surface area is 360 Å². The van der Waals surface area contributed by atoms with Gasteiger partial charge in [-0.2, -0.15) is 0 Å². The highest BCUT2D eigenvalue weighted by atomic mass is 16.5. The molecule has 0 fully saturated rings. The van der Waals surface area contributed by atoms with Gasteiger partial charge in [-0.25, -0.2) is 0 Å². The molecule has 58 heavy (non-hydrogen) atoms. The van der Waals surface area contributed by atoms with Gasteiger partial charge in [-0.3, -0.25) is 0 Å². The molecule has 0 saturated heterocycles. The second-order valence-corrected chi connectivity index (χ2v) is 13.1. The van der Waals surface area contributed by atoms with Crippen LogP contribution in [-0.4, -0.2) is 110 Å². The molecule has 10 heteroatoms. The molecule has 0 aromatic heterocycles. The van der Waals surface area contributed by atoms with E-state index >= 15 is 0 Å². The van der Waals surface area contributed by atoms with Crippen LogP contribution in [0.15, 0.2) is 62.6 Å². The van der Waals surface area contributed by atoms with E-state index in [0.717, 1.165) is 63.9 Å². The van der Waals surface area contributed by atoms with Gasteiger partial charge in [0.25, 0.3) is 0 Å². The normalized spacial score (nSPS) is 9.57. The number of rotatable bonds is 39. The average Bonchev–Trinajstić information content (AvgIpc) is 3.22. The first-order chi connectivity index (χ1) is 28.3. The summed E-state index contributed by atoms with van der Waals surface area (Å²) in [6, 6.07) is 0. The topological polar surface area (TPSA) is 131 Å². The van der Waals surface area contributed by atoms with E-state index in [1.54, 1.807) is 6.08 Å². The average molecular weight is 830 g/mol. The van der Waals surface area contributed by atoms with Crippen LogP contribution in [0.3, 0.4) is 0 Å². The number of aldehydes is 1. The van der Waals surface area contributed by atoms with Crippen LogP contribution in [0.25, 0.3) is 0 Å². The summed E-state index contributed by atoms with van der Waals surface area (Å²) in [6.07, 6.45) is 29.8. The molecular formula is C48H99N3O7. The van der Waals surface area contributed by atoms with E-state index in [1.165, 1.54) is 103 Å². The molecule has 0 aliphatic rings. The summed E-state index contributed by atoms with van der Waals surface area (Å²) in [5.74, 6) is 0.341. The zero-order valence-corrected chi connectivity index (χ0v) is 39.2. The Morgan fingerprint density at radius 2 is 1.12 bits per heavy atom. The predicted octanol–water partition coefficient (Wildman–Crippen LogP) is 10.8. The van der Waals surface area contributed by atoms with E-state index in [4.69, 9.17) is 34.0 Å². The highest BCUT2D eigenvalue weighted by molar-refractivity contribution is 5.44. The van der Waals surface area contributed by atoms with E-state index in [0.29, 0.717) is 52.0 Å². The minimum absolute atomic E-state index is 0.246. The predicted molar refractivity (Wildman–Crippen MR) is 254 cm³/mol. The maximum Gasteiger partial charge on any atom is 0.116 e. The molecule has 0 aromatic rings. The number of allylic oxidation sites excluding steroid dienone is 2. The van der Waals surface area contributed by atoms with Gasteiger partial charge < -0.3 is 49.9 Å². The van der Waals surface area contributed by atoms with Crippen molar-refractivity contribution < 1.29 is 34.0 Å². The second-order valence-electron chi connectivity index (χ2n) is 13.1. The zero-order valence-electron chi connectivity index (χ0n) is 39.2. The highest BCUT2D eigenvalue weighted by Gasteiger charge is 1.96. The lowest BCUT2D eigenvalue weighted by Crippen LogP contribution is -2.19. The Kier molecular flexibility index (Phi) is 87.8. The lowest BCUT2D eigenvalue weighted by Gasteiger charge is -2.10. The monoisotopic (exact) mass is 830 g/mol. The van der Waals surface area contributed by atoms with Gasteiger partial charge in [0.2, 0.25) is 0 Å². The van der Waals surface area contributed by atoms with Crippen LogP contribution in [0.5, 0.6) is 0 Å². The summed E-state index contributed by atoms with van der Waals surface area (Å²) < 4.78 is 21.1. The molecule has 0 unspecified atom stereocenters. The van der Waals surface area contributed by atoms with Crippen molar-refractivity contribution in [3.05, 3.63) is 62.6 Å². The van der Waals surface area contributed by atoms with E-state index in [9.17, 15) is 0 Å². The first-order valence-corrected chi connectivity index (χ1v) is 22.5. The van der Waals surface area contributed by atoms with Gasteiger partial charge in [0.05, 0.1) is 52.0 Å². The second kappa shape index (κ2) is 75.5. The third-order valence-corrected chi connectivity index (χ3v) is 7.58. The van der Waals surface area contributed by atoms with Gasteiger partial charge >= 0.3 is 0 Å². The molecule has 0 aliphatic carbocycles. The number of ether oxygens (including phenoxy) is 4. The van der Waals surface area contributed by atoms with Crippen molar-refractivity contribution in [3.8, 4) is 0 Å². The summed E-state index contributed by atoms with van der Waals surface area (Å²) in [5, 5.41) is 26.6. The van der Waals surface area contributed by atoms with Gasteiger partial charge in [0.15, 0.2) is 0 Å². The first-order valence-electron chi connectivity index (χ1n) is 22.5. The van der Waals surface area contributed by atoms with Crippen molar-refractivity contribution in [2.75, 3.05) is 93.2 Å². The molecule has 0 atom stereocenters. The molecule has 0 aromatic carbocycles. The summed E-state index contributed by atoms with van der Waals surface area (Å²) >= 11 is 0. The molecule has 0 amide bonds. The van der Waals surface area contributed by atoms with Crippen LogP contribution < -0.4 is 16.0 Å². The molecule has 0 bridgehead atoms. The number of carbonyl (C=O) groups is 1. The third-order valence-electron chi connectivity index (χ3n) is 7.58. The molecule has 0 saturated carbocycles. The van der Waals surface area contributed by atoms with Gasteiger partial charge in [-0.15, -0.1) is 19.7 Å². The van der Waals surface area contributed by atoms with Crippen molar-refractivity contribution in [3.63, 3.8) is 0 Å². The van der Waals surface area contributed by atoms with Crippen molar-refractivity contribution >= 4 is 6.29 Å². The Bertz CT molecular complexity index is 770. The van der Waals surface area contributed by atoms with Crippen molar-refractivity contribution in [2.45, 2.75) is 150 Å². The lowest BCUT2D eigenvalue weighted by molar-refractivity contribution is -0.106.